The van der Waals surface area contributed by atoms with Crippen molar-refractivity contribution in [3.8, 4) is 11.5 Å². The highest BCUT2D eigenvalue weighted by Crippen LogP contribution is 2.24. The summed E-state index contributed by atoms with van der Waals surface area (Å²) in [6.07, 6.45) is -1.35. The number of likely N-dealkylation sites (N-methyl/N-ethyl adjacent to an activating group) is 1. The topological polar surface area (TPSA) is 78.6 Å². The molecule has 0 unspecified atom stereocenters. The first-order valence-electron chi connectivity index (χ1n) is 9.88. The lowest BCUT2D eigenvalue weighted by Crippen LogP contribution is -2.52. The molecule has 1 aliphatic heterocycles. The first-order chi connectivity index (χ1) is 15.0. The van der Waals surface area contributed by atoms with Gasteiger partial charge in [-0.15, -0.1) is 10.2 Å². The van der Waals surface area contributed by atoms with Gasteiger partial charge in [0.25, 0.3) is 5.89 Å². The van der Waals surface area contributed by atoms with Gasteiger partial charge < -0.3 is 14.2 Å². The van der Waals surface area contributed by atoms with Gasteiger partial charge in [-0.25, -0.2) is 4.79 Å². The van der Waals surface area contributed by atoms with Crippen molar-refractivity contribution >= 4 is 11.7 Å². The van der Waals surface area contributed by atoms with E-state index in [0.717, 1.165) is 18.8 Å². The third-order valence-corrected chi connectivity index (χ3v) is 5.09. The molecule has 10 heteroatoms. The second kappa shape index (κ2) is 9.17. The minimum Gasteiger partial charge on any atom is -0.415 e. The number of benzene rings is 1. The summed E-state index contributed by atoms with van der Waals surface area (Å²) in [4.78, 5) is 23.4. The summed E-state index contributed by atoms with van der Waals surface area (Å²) in [5.74, 6) is -0.755. The van der Waals surface area contributed by atoms with Crippen molar-refractivity contribution in [2.24, 2.45) is 0 Å². The number of alkyl halides is 2. The Kier molecular flexibility index (Phi) is 6.17. The van der Waals surface area contributed by atoms with Crippen LogP contribution in [-0.2, 0) is 6.54 Å². The zero-order valence-electron chi connectivity index (χ0n) is 17.0. The van der Waals surface area contributed by atoms with Crippen LogP contribution in [0.4, 0.5) is 19.3 Å². The van der Waals surface area contributed by atoms with E-state index in [2.05, 4.69) is 20.1 Å². The number of pyridine rings is 1. The Morgan fingerprint density at radius 2 is 1.84 bits per heavy atom. The van der Waals surface area contributed by atoms with Crippen LogP contribution in [-0.4, -0.2) is 64.2 Å². The molecular formula is C21H22F2N6O2. The third-order valence-electron chi connectivity index (χ3n) is 5.09. The van der Waals surface area contributed by atoms with Crippen molar-refractivity contribution in [1.82, 2.24) is 25.0 Å². The van der Waals surface area contributed by atoms with E-state index in [1.54, 1.807) is 17.0 Å². The molecule has 8 nitrogen and oxygen atoms in total. The van der Waals surface area contributed by atoms with Gasteiger partial charge in [0.15, 0.2) is 0 Å². The number of anilines is 1. The van der Waals surface area contributed by atoms with E-state index in [0.29, 0.717) is 24.3 Å². The van der Waals surface area contributed by atoms with Crippen LogP contribution in [0.1, 0.15) is 18.0 Å². The number of hydrogen-bond acceptors (Lipinski definition) is 6. The number of aromatic nitrogens is 3. The number of hydrogen-bond donors (Lipinski definition) is 0. The molecule has 31 heavy (non-hydrogen) atoms. The highest BCUT2D eigenvalue weighted by Gasteiger charge is 2.26. The standard InChI is InChI=1S/C21H22F2N6O2/c1-27-9-11-28(12-10-27)21(30)29(17-5-3-2-4-6-17)14-16-8-7-15(13-24-16)19-25-26-20(31-19)18(22)23/h2-8,13,18H,9-12,14H2,1H3. The molecular weight excluding hydrogens is 406 g/mol. The van der Waals surface area contributed by atoms with Gasteiger partial charge in [0, 0.05) is 38.1 Å². The summed E-state index contributed by atoms with van der Waals surface area (Å²) >= 11 is 0. The number of piperazine rings is 1. The molecule has 0 spiro atoms. The maximum absolute atomic E-state index is 13.3. The van der Waals surface area contributed by atoms with E-state index < -0.39 is 12.3 Å². The molecule has 3 heterocycles. The largest absolute Gasteiger partial charge is 0.415 e. The monoisotopic (exact) mass is 428 g/mol. The van der Waals surface area contributed by atoms with Gasteiger partial charge in [-0.2, -0.15) is 8.78 Å². The van der Waals surface area contributed by atoms with Crippen molar-refractivity contribution in [2.45, 2.75) is 13.0 Å². The molecule has 2 aromatic heterocycles. The summed E-state index contributed by atoms with van der Waals surface area (Å²) in [6, 6.07) is 12.7. The summed E-state index contributed by atoms with van der Waals surface area (Å²) in [6.45, 7) is 3.24. The minimum absolute atomic E-state index is 0.0252. The fourth-order valence-corrected chi connectivity index (χ4v) is 3.29. The smallest absolute Gasteiger partial charge is 0.324 e. The minimum atomic E-state index is -2.83. The molecule has 1 aromatic carbocycles. The molecule has 3 aromatic rings. The van der Waals surface area contributed by atoms with Crippen molar-refractivity contribution in [2.75, 3.05) is 38.1 Å². The first kappa shape index (κ1) is 20.9. The lowest BCUT2D eigenvalue weighted by molar-refractivity contribution is 0.116. The molecule has 162 valence electrons. The number of carbonyl (C=O) groups excluding carboxylic acids is 1. The number of nitrogens with zero attached hydrogens (tertiary/aromatic N) is 6. The third kappa shape index (κ3) is 4.85. The molecule has 0 aliphatic carbocycles. The summed E-state index contributed by atoms with van der Waals surface area (Å²) < 4.78 is 30.3. The van der Waals surface area contributed by atoms with Crippen molar-refractivity contribution in [3.05, 3.63) is 60.2 Å². The molecule has 2 amide bonds. The van der Waals surface area contributed by atoms with Crippen LogP contribution in [0.25, 0.3) is 11.5 Å². The maximum Gasteiger partial charge on any atom is 0.324 e. The summed E-state index contributed by atoms with van der Waals surface area (Å²) in [5.41, 5.74) is 1.85. The van der Waals surface area contributed by atoms with E-state index in [1.807, 2.05) is 42.3 Å². The first-order valence-corrected chi connectivity index (χ1v) is 9.88. The lowest BCUT2D eigenvalue weighted by atomic mass is 10.2. The van der Waals surface area contributed by atoms with E-state index in [9.17, 15) is 13.6 Å². The number of halogens is 2. The fraction of sp³-hybridized carbons (Fsp3) is 0.333. The van der Waals surface area contributed by atoms with E-state index in [1.165, 1.54) is 6.20 Å². The summed E-state index contributed by atoms with van der Waals surface area (Å²) in [7, 11) is 2.04. The molecule has 4 rings (SSSR count). The Bertz CT molecular complexity index is 1000. The quantitative estimate of drug-likeness (QED) is 0.620. The Balaban J connectivity index is 1.53. The SMILES string of the molecule is CN1CCN(C(=O)N(Cc2ccc(-c3nnc(C(F)F)o3)cn2)c2ccccc2)CC1. The number of amides is 2. The van der Waals surface area contributed by atoms with Crippen molar-refractivity contribution < 1.29 is 18.0 Å². The molecule has 0 atom stereocenters. The zero-order valence-corrected chi connectivity index (χ0v) is 17.0. The van der Waals surface area contributed by atoms with E-state index in [-0.39, 0.29) is 18.5 Å². The maximum atomic E-state index is 13.3. The molecule has 1 aliphatic rings. The number of rotatable bonds is 5. The molecule has 0 bridgehead atoms. The predicted molar refractivity (Wildman–Crippen MR) is 110 cm³/mol. The number of para-hydroxylation sites is 1. The highest BCUT2D eigenvalue weighted by molar-refractivity contribution is 5.92. The number of carbonyl (C=O) groups is 1. The number of urea groups is 1. The normalized spacial score (nSPS) is 14.8. The van der Waals surface area contributed by atoms with E-state index >= 15 is 0 Å². The van der Waals surface area contributed by atoms with Crippen molar-refractivity contribution in [1.29, 1.82) is 0 Å². The van der Waals surface area contributed by atoms with Crippen LogP contribution in [0.2, 0.25) is 0 Å². The van der Waals surface area contributed by atoms with Gasteiger partial charge >= 0.3 is 12.5 Å². The zero-order chi connectivity index (χ0) is 21.8. The van der Waals surface area contributed by atoms with Gasteiger partial charge in [0.2, 0.25) is 5.89 Å². The van der Waals surface area contributed by atoms with Crippen LogP contribution in [0.3, 0.4) is 0 Å². The van der Waals surface area contributed by atoms with Crippen LogP contribution in [0.5, 0.6) is 0 Å². The van der Waals surface area contributed by atoms with Crippen molar-refractivity contribution in [3.63, 3.8) is 0 Å². The van der Waals surface area contributed by atoms with Gasteiger partial charge in [0.05, 0.1) is 17.8 Å². The molecule has 1 saturated heterocycles. The Morgan fingerprint density at radius 3 is 2.45 bits per heavy atom. The lowest BCUT2D eigenvalue weighted by Gasteiger charge is -2.36. The second-order valence-corrected chi connectivity index (χ2v) is 7.28. The summed E-state index contributed by atoms with van der Waals surface area (Å²) in [5, 5.41) is 6.96. The molecule has 1 fully saturated rings. The van der Waals surface area contributed by atoms with E-state index in [4.69, 9.17) is 4.42 Å². The predicted octanol–water partition coefficient (Wildman–Crippen LogP) is 3.44. The average Bonchev–Trinajstić information content (AvgIpc) is 3.29. The van der Waals surface area contributed by atoms with Gasteiger partial charge in [0.1, 0.15) is 0 Å². The molecule has 0 saturated carbocycles. The molecule has 0 radical (unpaired) electrons. The van der Waals surface area contributed by atoms with Crippen LogP contribution >= 0.6 is 0 Å². The highest BCUT2D eigenvalue weighted by atomic mass is 19.3. The van der Waals surface area contributed by atoms with Gasteiger partial charge in [-0.05, 0) is 31.3 Å². The average molecular weight is 428 g/mol. The fourth-order valence-electron chi connectivity index (χ4n) is 3.29. The van der Waals surface area contributed by atoms with Crippen LogP contribution in [0, 0.1) is 0 Å². The Morgan fingerprint density at radius 1 is 1.10 bits per heavy atom. The Labute approximate surface area is 178 Å². The van der Waals surface area contributed by atoms with Crippen LogP contribution in [0.15, 0.2) is 53.1 Å². The van der Waals surface area contributed by atoms with Gasteiger partial charge in [-0.3, -0.25) is 9.88 Å². The van der Waals surface area contributed by atoms with Crippen LogP contribution < -0.4 is 4.90 Å². The second-order valence-electron chi connectivity index (χ2n) is 7.28. The Hall–Kier alpha value is -3.40. The van der Waals surface area contributed by atoms with Gasteiger partial charge in [-0.1, -0.05) is 18.2 Å². The molecule has 0 N–H and O–H groups in total.